The van der Waals surface area contributed by atoms with Crippen LogP contribution in [0.15, 0.2) is 319 Å². The number of aryl methyl sites for hydroxylation is 3. The third kappa shape index (κ3) is 25.8. The minimum atomic E-state index is -3.72. The molecule has 0 aliphatic rings. The monoisotopic (exact) mass is 1710 g/mol. The molecule has 0 aliphatic heterocycles. The first-order valence-electron chi connectivity index (χ1n) is 32.7. The highest BCUT2D eigenvalue weighted by Gasteiger charge is 2.25. The number of sulfonamides is 4. The summed E-state index contributed by atoms with van der Waals surface area (Å²) in [4.78, 5) is 0. The maximum atomic E-state index is 13.1. The zero-order valence-electron chi connectivity index (χ0n) is 57.6. The molecule has 106 heavy (non-hydrogen) atoms. The number of thiophene rings is 2. The van der Waals surface area contributed by atoms with Crippen molar-refractivity contribution in [2.45, 2.75) is 47.0 Å². The van der Waals surface area contributed by atoms with Gasteiger partial charge in [-0.2, -0.15) is 22.7 Å². The van der Waals surface area contributed by atoms with Crippen LogP contribution in [0.1, 0.15) is 61.2 Å². The molecule has 23 heteroatoms. The van der Waals surface area contributed by atoms with Crippen molar-refractivity contribution in [3.05, 3.63) is 395 Å². The molecule has 12 nitrogen and oxygen atoms in total. The molecule has 0 saturated heterocycles. The Labute approximate surface area is 663 Å². The van der Waals surface area contributed by atoms with Crippen LogP contribution in [-0.2, 0) is 66.3 Å². The van der Waals surface area contributed by atoms with E-state index in [-0.39, 0.29) is 19.6 Å². The SMILES string of the molecule is Cc1cccc(N(Cc2ccccc2)S(=O)(=O)/C=C/c2cccc(Cl)c2)c1.Cc1cccc(N(Cc2ccsc2)S(=O)(=O)/C=C/c2cccc(Br)c2)c1.Cc1cccc(N(Cc2ccsc2)S(=O)(=O)/C=C/c2cccc(Cl)c2)c1.O=S(=O)(/C=C/c1cccc(Br)c1)N(Cc1ccccc1)c1cccc(Cl)c1. The van der Waals surface area contributed by atoms with Crippen LogP contribution >= 0.6 is 89.3 Å². The van der Waals surface area contributed by atoms with Crippen molar-refractivity contribution in [1.29, 1.82) is 0 Å². The second-order valence-electron chi connectivity index (χ2n) is 23.9. The van der Waals surface area contributed by atoms with Gasteiger partial charge in [0.25, 0.3) is 40.1 Å². The minimum absolute atomic E-state index is 0.215. The quantitative estimate of drug-likeness (QED) is 0.0580. The molecule has 0 fully saturated rings. The van der Waals surface area contributed by atoms with Crippen molar-refractivity contribution in [3.8, 4) is 0 Å². The fourth-order valence-electron chi connectivity index (χ4n) is 10.3. The summed E-state index contributed by atoms with van der Waals surface area (Å²) < 4.78 is 112. The number of nitrogens with zero attached hydrogens (tertiary/aromatic N) is 4. The van der Waals surface area contributed by atoms with Crippen LogP contribution in [-0.4, -0.2) is 33.7 Å². The van der Waals surface area contributed by atoms with Gasteiger partial charge < -0.3 is 0 Å². The van der Waals surface area contributed by atoms with Crippen LogP contribution in [0.2, 0.25) is 15.1 Å². The number of halogens is 5. The van der Waals surface area contributed by atoms with Gasteiger partial charge in [0.2, 0.25) is 0 Å². The second kappa shape index (κ2) is 39.3. The Balaban J connectivity index is 0.000000163. The molecule has 2 aromatic heterocycles. The third-order valence-corrected chi connectivity index (χ3v) is 24.4. The van der Waals surface area contributed by atoms with Gasteiger partial charge in [0, 0.05) is 24.0 Å². The highest BCUT2D eigenvalue weighted by Crippen LogP contribution is 2.31. The number of rotatable bonds is 24. The van der Waals surface area contributed by atoms with Gasteiger partial charge in [-0.05, 0) is 243 Å². The Morgan fingerprint density at radius 3 is 0.858 bits per heavy atom. The highest BCUT2D eigenvalue weighted by atomic mass is 79.9. The van der Waals surface area contributed by atoms with Crippen molar-refractivity contribution in [2.75, 3.05) is 17.2 Å². The molecule has 0 N–H and O–H groups in total. The van der Waals surface area contributed by atoms with E-state index in [1.54, 1.807) is 114 Å². The van der Waals surface area contributed by atoms with E-state index in [2.05, 4.69) is 31.9 Å². The van der Waals surface area contributed by atoms with Gasteiger partial charge in [0.05, 0.1) is 70.6 Å². The average Bonchev–Trinajstić information content (AvgIpc) is 1.80. The molecule has 0 unspecified atom stereocenters. The predicted octanol–water partition coefficient (Wildman–Crippen LogP) is 23.3. The molecule has 0 saturated carbocycles. The maximum absolute atomic E-state index is 13.1. The molecule has 10 aromatic carbocycles. The Morgan fingerprint density at radius 1 is 0.302 bits per heavy atom. The summed E-state index contributed by atoms with van der Waals surface area (Å²) >= 11 is 27.9. The van der Waals surface area contributed by atoms with Crippen LogP contribution in [0.4, 0.5) is 22.7 Å². The van der Waals surface area contributed by atoms with Gasteiger partial charge in [0.1, 0.15) is 0 Å². The summed E-state index contributed by atoms with van der Waals surface area (Å²) in [5.41, 5.74) is 12.3. The Morgan fingerprint density at radius 2 is 0.575 bits per heavy atom. The van der Waals surface area contributed by atoms with Crippen LogP contribution in [0.25, 0.3) is 24.3 Å². The molecule has 544 valence electrons. The molecule has 0 atom stereocenters. The molecule has 0 amide bonds. The third-order valence-electron chi connectivity index (χ3n) is 15.5. The normalized spacial score (nSPS) is 11.7. The Hall–Kier alpha value is -8.61. The number of anilines is 4. The topological polar surface area (TPSA) is 150 Å². The summed E-state index contributed by atoms with van der Waals surface area (Å²) in [5.74, 6) is 0. The average molecular weight is 1710 g/mol. The molecule has 0 radical (unpaired) electrons. The summed E-state index contributed by atoms with van der Waals surface area (Å²) in [6, 6.07) is 81.3. The van der Waals surface area contributed by atoms with Gasteiger partial charge in [-0.3, -0.25) is 17.2 Å². The van der Waals surface area contributed by atoms with E-state index in [0.29, 0.717) is 44.4 Å². The smallest absolute Gasteiger partial charge is 0.257 e. The number of benzene rings is 10. The van der Waals surface area contributed by atoms with E-state index in [9.17, 15) is 33.7 Å². The van der Waals surface area contributed by atoms with Crippen molar-refractivity contribution < 1.29 is 33.7 Å². The first-order chi connectivity index (χ1) is 50.7. The van der Waals surface area contributed by atoms with Crippen molar-refractivity contribution in [1.82, 2.24) is 0 Å². The second-order valence-corrected chi connectivity index (χ2v) is 35.5. The molecular weight excluding hydrogens is 1640 g/mol. The minimum Gasteiger partial charge on any atom is -0.262 e. The zero-order valence-corrected chi connectivity index (χ0v) is 67.9. The van der Waals surface area contributed by atoms with E-state index in [1.165, 1.54) is 38.9 Å². The van der Waals surface area contributed by atoms with Gasteiger partial charge >= 0.3 is 0 Å². The lowest BCUT2D eigenvalue weighted by atomic mass is 10.2. The van der Waals surface area contributed by atoms with E-state index in [4.69, 9.17) is 34.8 Å². The molecule has 0 aliphatic carbocycles. The standard InChI is InChI=1S/C22H20ClNO2S.C21H17BrClNO2S.C20H18BrNO2S2.C20H18ClNO2S2/c1-18-7-5-12-22(15-18)24(17-20-8-3-2-4-9-20)27(25,26)14-13-19-10-6-11-21(23)16-19;22-19-9-4-8-17(14-19)12-13-27(25,26)24(16-18-6-2-1-3-7-18)21-11-5-10-20(23)15-21;2*1-16-4-2-7-20(12-16)22(14-18-8-10-25-15-18)26(23,24)11-9-17-5-3-6-19(21)13-17/h2-16H,17H2,1H3;1-15H,16H2;2*2-13,15H,14H2,1H3/b14-13+;13-12+;2*11-9+. The van der Waals surface area contributed by atoms with Crippen LogP contribution in [0, 0.1) is 20.8 Å². The van der Waals surface area contributed by atoms with E-state index in [0.717, 1.165) is 70.1 Å². The molecular formula is C83H73Br2Cl3N4O8S6. The Bertz CT molecular complexity index is 5150. The van der Waals surface area contributed by atoms with Crippen LogP contribution < -0.4 is 17.2 Å². The van der Waals surface area contributed by atoms with Gasteiger partial charge in [0.15, 0.2) is 0 Å². The largest absolute Gasteiger partial charge is 0.262 e. The van der Waals surface area contributed by atoms with Crippen molar-refractivity contribution in [2.24, 2.45) is 0 Å². The van der Waals surface area contributed by atoms with E-state index < -0.39 is 40.1 Å². The fraction of sp³-hybridized carbons (Fsp3) is 0.0843. The molecule has 12 aromatic rings. The molecule has 0 spiro atoms. The summed E-state index contributed by atoms with van der Waals surface area (Å²) in [6.07, 6.45) is 6.34. The number of hydrogen-bond donors (Lipinski definition) is 0. The van der Waals surface area contributed by atoms with E-state index >= 15 is 0 Å². The Kier molecular flexibility index (Phi) is 30.2. The lowest BCUT2D eigenvalue weighted by Crippen LogP contribution is -2.28. The molecule has 2 heterocycles. The van der Waals surface area contributed by atoms with Crippen molar-refractivity contribution in [3.63, 3.8) is 0 Å². The van der Waals surface area contributed by atoms with Crippen LogP contribution in [0.3, 0.4) is 0 Å². The predicted molar refractivity (Wildman–Crippen MR) is 454 cm³/mol. The van der Waals surface area contributed by atoms with Gasteiger partial charge in [-0.1, -0.05) is 218 Å². The molecule has 12 rings (SSSR count). The summed E-state index contributed by atoms with van der Waals surface area (Å²) in [5, 5.41) is 14.4. The van der Waals surface area contributed by atoms with Gasteiger partial charge in [-0.25, -0.2) is 33.7 Å². The summed E-state index contributed by atoms with van der Waals surface area (Å²) in [7, 11) is -14.7. The van der Waals surface area contributed by atoms with Crippen LogP contribution in [0.5, 0.6) is 0 Å². The zero-order chi connectivity index (χ0) is 75.7. The summed E-state index contributed by atoms with van der Waals surface area (Å²) in [6.45, 7) is 6.90. The lowest BCUT2D eigenvalue weighted by molar-refractivity contribution is 0.597. The van der Waals surface area contributed by atoms with Crippen molar-refractivity contribution >= 4 is 176 Å². The number of hydrogen-bond acceptors (Lipinski definition) is 10. The van der Waals surface area contributed by atoms with Gasteiger partial charge in [-0.15, -0.1) is 0 Å². The first-order valence-corrected chi connectivity index (χ1v) is 43.3. The fourth-order valence-corrected chi connectivity index (χ4v) is 17.9. The van der Waals surface area contributed by atoms with E-state index in [1.807, 2.05) is 242 Å². The highest BCUT2D eigenvalue weighted by molar-refractivity contribution is 9.10. The lowest BCUT2D eigenvalue weighted by Gasteiger charge is -2.23. The molecule has 0 bridgehead atoms. The maximum Gasteiger partial charge on any atom is 0.257 e. The first kappa shape index (κ1) is 81.5.